The van der Waals surface area contributed by atoms with E-state index >= 15 is 0 Å². The van der Waals surface area contributed by atoms with Gasteiger partial charge in [-0.3, -0.25) is 4.90 Å². The average molecular weight is 438 g/mol. The third-order valence-corrected chi connectivity index (χ3v) is 7.19. The number of nitrogens with zero attached hydrogens (tertiary/aromatic N) is 3. The number of carbonyl (C=O) groups excluding carboxylic acids is 1. The van der Waals surface area contributed by atoms with Crippen LogP contribution in [0.5, 0.6) is 0 Å². The van der Waals surface area contributed by atoms with Gasteiger partial charge in [0.2, 0.25) is 0 Å². The van der Waals surface area contributed by atoms with E-state index in [1.165, 1.54) is 12.7 Å². The Morgan fingerprint density at radius 1 is 1.03 bits per heavy atom. The minimum atomic E-state index is -3.15. The topological polar surface area (TPSA) is 70.2 Å². The van der Waals surface area contributed by atoms with Gasteiger partial charge in [-0.1, -0.05) is 0 Å². The summed E-state index contributed by atoms with van der Waals surface area (Å²) in [5, 5.41) is 0. The summed E-state index contributed by atoms with van der Waals surface area (Å²) in [6.07, 6.45) is 4.29. The first-order chi connectivity index (χ1) is 14.2. The lowest BCUT2D eigenvalue weighted by molar-refractivity contribution is 0.0638. The maximum absolute atomic E-state index is 12.0. The van der Waals surface area contributed by atoms with Crippen molar-refractivity contribution in [2.24, 2.45) is 5.92 Å². The summed E-state index contributed by atoms with van der Waals surface area (Å²) in [4.78, 5) is 19.0. The average Bonchev–Trinajstić information content (AvgIpc) is 2.72. The molecule has 3 rings (SSSR count). The maximum atomic E-state index is 12.0. The molecule has 2 aliphatic rings. The van der Waals surface area contributed by atoms with E-state index in [1.807, 2.05) is 30.9 Å². The van der Waals surface area contributed by atoms with Crippen molar-refractivity contribution >= 4 is 21.6 Å². The zero-order valence-corrected chi connectivity index (χ0v) is 19.2. The van der Waals surface area contributed by atoms with Crippen LogP contribution in [0.2, 0.25) is 0 Å². The highest BCUT2D eigenvalue weighted by molar-refractivity contribution is 7.90. The Morgan fingerprint density at radius 3 is 2.17 bits per heavy atom. The van der Waals surface area contributed by atoms with Gasteiger partial charge < -0.3 is 14.5 Å². The number of amides is 1. The van der Waals surface area contributed by atoms with Crippen molar-refractivity contribution < 1.29 is 17.9 Å². The molecule has 0 spiro atoms. The second-order valence-corrected chi connectivity index (χ2v) is 10.8. The summed E-state index contributed by atoms with van der Waals surface area (Å²) in [6.45, 7) is 10.4. The molecule has 168 valence electrons. The van der Waals surface area contributed by atoms with Crippen LogP contribution in [0.25, 0.3) is 0 Å². The third-order valence-electron chi connectivity index (χ3n) is 6.07. The van der Waals surface area contributed by atoms with Crippen LogP contribution in [0.15, 0.2) is 29.2 Å². The number of hydrogen-bond acceptors (Lipinski definition) is 6. The zero-order chi connectivity index (χ0) is 21.7. The van der Waals surface area contributed by atoms with E-state index < -0.39 is 9.84 Å². The van der Waals surface area contributed by atoms with Gasteiger partial charge in [-0.05, 0) is 69.8 Å². The first kappa shape index (κ1) is 22.9. The van der Waals surface area contributed by atoms with Crippen molar-refractivity contribution in [3.05, 3.63) is 24.3 Å². The molecule has 0 saturated carbocycles. The molecule has 0 radical (unpaired) electrons. The zero-order valence-electron chi connectivity index (χ0n) is 18.4. The first-order valence-corrected chi connectivity index (χ1v) is 12.8. The fraction of sp³-hybridized carbons (Fsp3) is 0.682. The van der Waals surface area contributed by atoms with E-state index in [-0.39, 0.29) is 12.2 Å². The van der Waals surface area contributed by atoms with E-state index in [0.717, 1.165) is 64.3 Å². The SMILES string of the molecule is CC(C)OC(=O)N1CCC(CCN2CCN(c3ccc(S(C)(=O)=O)cc3)CC2)CC1. The summed E-state index contributed by atoms with van der Waals surface area (Å²) in [5.74, 6) is 0.676. The molecule has 8 heteroatoms. The fourth-order valence-corrected chi connectivity index (χ4v) is 4.81. The van der Waals surface area contributed by atoms with E-state index in [4.69, 9.17) is 4.74 Å². The largest absolute Gasteiger partial charge is 0.447 e. The van der Waals surface area contributed by atoms with Gasteiger partial charge in [0.25, 0.3) is 0 Å². The normalized spacial score (nSPS) is 19.3. The van der Waals surface area contributed by atoms with Crippen molar-refractivity contribution in [1.29, 1.82) is 0 Å². The minimum absolute atomic E-state index is 0.0634. The van der Waals surface area contributed by atoms with E-state index in [0.29, 0.717) is 10.8 Å². The molecule has 2 saturated heterocycles. The van der Waals surface area contributed by atoms with Crippen molar-refractivity contribution in [2.45, 2.75) is 44.1 Å². The number of sulfone groups is 1. The summed E-state index contributed by atoms with van der Waals surface area (Å²) in [7, 11) is -3.15. The molecule has 2 fully saturated rings. The molecule has 1 amide bonds. The van der Waals surface area contributed by atoms with Crippen LogP contribution in [0.1, 0.15) is 33.1 Å². The second kappa shape index (κ2) is 10.0. The predicted octanol–water partition coefficient (Wildman–Crippen LogP) is 2.86. The molecular weight excluding hydrogens is 402 g/mol. The third kappa shape index (κ3) is 6.35. The highest BCUT2D eigenvalue weighted by Crippen LogP contribution is 2.23. The molecule has 0 aromatic heterocycles. The molecule has 0 unspecified atom stereocenters. The molecule has 0 atom stereocenters. The minimum Gasteiger partial charge on any atom is -0.447 e. The van der Waals surface area contributed by atoms with Gasteiger partial charge in [-0.2, -0.15) is 0 Å². The number of anilines is 1. The lowest BCUT2D eigenvalue weighted by Crippen LogP contribution is -2.47. The number of ether oxygens (including phenoxy) is 1. The Balaban J connectivity index is 1.37. The molecule has 1 aromatic rings. The van der Waals surface area contributed by atoms with Crippen molar-refractivity contribution in [2.75, 3.05) is 57.0 Å². The van der Waals surface area contributed by atoms with Gasteiger partial charge in [-0.25, -0.2) is 13.2 Å². The molecular formula is C22H35N3O4S. The summed E-state index contributed by atoms with van der Waals surface area (Å²) in [6, 6.07) is 7.20. The van der Waals surface area contributed by atoms with Crippen LogP contribution in [-0.4, -0.2) is 82.5 Å². The Kier molecular flexibility index (Phi) is 7.63. The van der Waals surface area contributed by atoms with Crippen LogP contribution in [-0.2, 0) is 14.6 Å². The van der Waals surface area contributed by atoms with Crippen molar-refractivity contribution in [3.8, 4) is 0 Å². The number of carbonyl (C=O) groups is 1. The molecule has 0 N–H and O–H groups in total. The number of piperazine rings is 1. The number of hydrogen-bond donors (Lipinski definition) is 0. The van der Waals surface area contributed by atoms with Gasteiger partial charge >= 0.3 is 6.09 Å². The molecule has 1 aromatic carbocycles. The van der Waals surface area contributed by atoms with Crippen LogP contribution in [0, 0.1) is 5.92 Å². The quantitative estimate of drug-likeness (QED) is 0.682. The Labute approximate surface area is 180 Å². The fourth-order valence-electron chi connectivity index (χ4n) is 4.18. The number of rotatable bonds is 6. The predicted molar refractivity (Wildman–Crippen MR) is 119 cm³/mol. The standard InChI is InChI=1S/C22H35N3O4S/c1-18(2)29-22(26)25-12-9-19(10-13-25)8-11-23-14-16-24(17-15-23)20-4-6-21(7-5-20)30(3,27)28/h4-7,18-19H,8-17H2,1-3H3. The van der Waals surface area contributed by atoms with Crippen LogP contribution in [0.3, 0.4) is 0 Å². The van der Waals surface area contributed by atoms with Crippen LogP contribution < -0.4 is 4.90 Å². The Morgan fingerprint density at radius 2 is 1.63 bits per heavy atom. The summed E-state index contributed by atoms with van der Waals surface area (Å²) in [5.41, 5.74) is 1.09. The highest BCUT2D eigenvalue weighted by Gasteiger charge is 2.25. The Bertz CT molecular complexity index is 794. The lowest BCUT2D eigenvalue weighted by Gasteiger charge is -2.37. The van der Waals surface area contributed by atoms with Gasteiger partial charge in [0.15, 0.2) is 9.84 Å². The molecule has 2 heterocycles. The van der Waals surface area contributed by atoms with Crippen LogP contribution >= 0.6 is 0 Å². The van der Waals surface area contributed by atoms with Gasteiger partial charge in [0.1, 0.15) is 0 Å². The van der Waals surface area contributed by atoms with Gasteiger partial charge in [-0.15, -0.1) is 0 Å². The number of benzene rings is 1. The second-order valence-electron chi connectivity index (χ2n) is 8.75. The number of likely N-dealkylation sites (tertiary alicyclic amines) is 1. The van der Waals surface area contributed by atoms with Crippen molar-refractivity contribution in [1.82, 2.24) is 9.80 Å². The summed E-state index contributed by atoms with van der Waals surface area (Å²) >= 11 is 0. The molecule has 7 nitrogen and oxygen atoms in total. The van der Waals surface area contributed by atoms with E-state index in [1.54, 1.807) is 12.1 Å². The van der Waals surface area contributed by atoms with E-state index in [9.17, 15) is 13.2 Å². The molecule has 30 heavy (non-hydrogen) atoms. The lowest BCUT2D eigenvalue weighted by atomic mass is 9.93. The monoisotopic (exact) mass is 437 g/mol. The van der Waals surface area contributed by atoms with Gasteiger partial charge in [0, 0.05) is 51.2 Å². The number of piperidine rings is 1. The van der Waals surface area contributed by atoms with Crippen molar-refractivity contribution in [3.63, 3.8) is 0 Å². The maximum Gasteiger partial charge on any atom is 0.410 e. The van der Waals surface area contributed by atoms with Crippen LogP contribution in [0.4, 0.5) is 10.5 Å². The molecule has 0 aliphatic carbocycles. The Hall–Kier alpha value is -1.80. The van der Waals surface area contributed by atoms with E-state index in [2.05, 4.69) is 9.80 Å². The molecule has 2 aliphatic heterocycles. The van der Waals surface area contributed by atoms with Gasteiger partial charge in [0.05, 0.1) is 11.0 Å². The molecule has 0 bridgehead atoms. The smallest absolute Gasteiger partial charge is 0.410 e. The first-order valence-electron chi connectivity index (χ1n) is 11.0. The summed E-state index contributed by atoms with van der Waals surface area (Å²) < 4.78 is 28.5. The highest BCUT2D eigenvalue weighted by atomic mass is 32.2.